The predicted octanol–water partition coefficient (Wildman–Crippen LogP) is 3.22. The highest BCUT2D eigenvalue weighted by molar-refractivity contribution is 6.36. The number of nitro benzene ring substituents is 1. The molecule has 16 heavy (non-hydrogen) atoms. The molecule has 5 nitrogen and oxygen atoms in total. The second-order valence-electron chi connectivity index (χ2n) is 2.82. The molecule has 0 aliphatic rings. The van der Waals surface area contributed by atoms with Gasteiger partial charge in [0.25, 0.3) is 0 Å². The van der Waals surface area contributed by atoms with Gasteiger partial charge in [-0.3, -0.25) is 14.9 Å². The smallest absolute Gasteiger partial charge is 0.314 e. The minimum absolute atomic E-state index is 0.0685. The van der Waals surface area contributed by atoms with Crippen LogP contribution in [0.4, 0.5) is 5.69 Å². The highest BCUT2D eigenvalue weighted by atomic mass is 35.5. The van der Waals surface area contributed by atoms with E-state index in [9.17, 15) is 14.9 Å². The largest absolute Gasteiger partial charge is 0.418 e. The zero-order chi connectivity index (χ0) is 12.3. The van der Waals surface area contributed by atoms with Crippen LogP contribution in [0.2, 0.25) is 10.0 Å². The number of carbonyl (C=O) groups excluding carboxylic acids is 1. The molecule has 0 aromatic heterocycles. The lowest BCUT2D eigenvalue weighted by atomic mass is 10.3. The van der Waals surface area contributed by atoms with Crippen LogP contribution in [0.25, 0.3) is 0 Å². The Balaban J connectivity index is 3.24. The van der Waals surface area contributed by atoms with Gasteiger partial charge in [-0.1, -0.05) is 30.1 Å². The molecule has 0 aliphatic heterocycles. The van der Waals surface area contributed by atoms with E-state index in [4.69, 9.17) is 27.9 Å². The van der Waals surface area contributed by atoms with Crippen LogP contribution >= 0.6 is 23.2 Å². The van der Waals surface area contributed by atoms with Gasteiger partial charge in [0.1, 0.15) is 0 Å². The van der Waals surface area contributed by atoms with E-state index in [0.29, 0.717) is 0 Å². The Kier molecular flexibility index (Phi) is 4.09. The maximum absolute atomic E-state index is 11.1. The van der Waals surface area contributed by atoms with Gasteiger partial charge in [0, 0.05) is 17.5 Å². The van der Waals surface area contributed by atoms with Crippen LogP contribution in [-0.4, -0.2) is 10.9 Å². The summed E-state index contributed by atoms with van der Waals surface area (Å²) in [5, 5.41) is 10.7. The lowest BCUT2D eigenvalue weighted by Gasteiger charge is -2.06. The molecule has 0 radical (unpaired) electrons. The Morgan fingerprint density at radius 3 is 2.62 bits per heavy atom. The summed E-state index contributed by atoms with van der Waals surface area (Å²) >= 11 is 11.3. The first-order valence-corrected chi connectivity index (χ1v) is 5.05. The molecule has 1 aromatic carbocycles. The highest BCUT2D eigenvalue weighted by Gasteiger charge is 2.22. The molecule has 7 heteroatoms. The number of benzene rings is 1. The molecular formula is C9H7Cl2NO4. The summed E-state index contributed by atoms with van der Waals surface area (Å²) in [6, 6.07) is 2.35. The maximum atomic E-state index is 11.1. The Hall–Kier alpha value is -1.33. The number of hydrogen-bond donors (Lipinski definition) is 0. The van der Waals surface area contributed by atoms with Crippen molar-refractivity contribution < 1.29 is 14.5 Å². The van der Waals surface area contributed by atoms with Gasteiger partial charge in [0.15, 0.2) is 0 Å². The summed E-state index contributed by atoms with van der Waals surface area (Å²) in [7, 11) is 0. The molecule has 86 valence electrons. The van der Waals surface area contributed by atoms with E-state index in [0.717, 1.165) is 6.07 Å². The van der Waals surface area contributed by atoms with E-state index in [2.05, 4.69) is 0 Å². The van der Waals surface area contributed by atoms with E-state index >= 15 is 0 Å². The Labute approximate surface area is 101 Å². The van der Waals surface area contributed by atoms with E-state index < -0.39 is 16.6 Å². The Bertz CT molecular complexity index is 447. The Morgan fingerprint density at radius 1 is 1.50 bits per heavy atom. The van der Waals surface area contributed by atoms with Crippen LogP contribution in [0.15, 0.2) is 12.1 Å². The van der Waals surface area contributed by atoms with Gasteiger partial charge in [0.2, 0.25) is 5.75 Å². The number of rotatable bonds is 3. The van der Waals surface area contributed by atoms with Crippen molar-refractivity contribution in [2.24, 2.45) is 0 Å². The number of halogens is 2. The number of hydrogen-bond acceptors (Lipinski definition) is 4. The molecule has 0 heterocycles. The SMILES string of the molecule is CCC(=O)Oc1c(Cl)cc(Cl)cc1[N+](=O)[O-]. The predicted molar refractivity (Wildman–Crippen MR) is 59.0 cm³/mol. The number of ether oxygens (including phenoxy) is 1. The number of nitro groups is 1. The van der Waals surface area contributed by atoms with Gasteiger partial charge < -0.3 is 4.74 Å². The average Bonchev–Trinajstić information content (AvgIpc) is 2.20. The van der Waals surface area contributed by atoms with Crippen LogP contribution in [-0.2, 0) is 4.79 Å². The summed E-state index contributed by atoms with van der Waals surface area (Å²) in [6.07, 6.45) is 0.0934. The molecule has 0 saturated heterocycles. The van der Waals surface area contributed by atoms with Crippen molar-refractivity contribution >= 4 is 34.9 Å². The number of esters is 1. The van der Waals surface area contributed by atoms with Crippen LogP contribution in [0, 0.1) is 10.1 Å². The molecule has 0 spiro atoms. The maximum Gasteiger partial charge on any atom is 0.314 e. The summed E-state index contributed by atoms with van der Waals surface area (Å²) in [6.45, 7) is 1.57. The van der Waals surface area contributed by atoms with Crippen molar-refractivity contribution in [2.75, 3.05) is 0 Å². The van der Waals surface area contributed by atoms with Gasteiger partial charge in [-0.25, -0.2) is 0 Å². The normalized spacial score (nSPS) is 9.94. The summed E-state index contributed by atoms with van der Waals surface area (Å²) in [4.78, 5) is 21.0. The molecule has 0 atom stereocenters. The lowest BCUT2D eigenvalue weighted by Crippen LogP contribution is -2.07. The zero-order valence-corrected chi connectivity index (χ0v) is 9.71. The third-order valence-corrected chi connectivity index (χ3v) is 2.19. The highest BCUT2D eigenvalue weighted by Crippen LogP contribution is 2.37. The van der Waals surface area contributed by atoms with Gasteiger partial charge in [-0.05, 0) is 6.07 Å². The van der Waals surface area contributed by atoms with E-state index in [1.165, 1.54) is 6.07 Å². The average molecular weight is 264 g/mol. The fraction of sp³-hybridized carbons (Fsp3) is 0.222. The van der Waals surface area contributed by atoms with E-state index in [1.807, 2.05) is 0 Å². The first-order valence-electron chi connectivity index (χ1n) is 4.29. The molecule has 0 bridgehead atoms. The van der Waals surface area contributed by atoms with Crippen molar-refractivity contribution in [3.05, 3.63) is 32.3 Å². The van der Waals surface area contributed by atoms with Crippen molar-refractivity contribution in [3.63, 3.8) is 0 Å². The van der Waals surface area contributed by atoms with Gasteiger partial charge in [-0.15, -0.1) is 0 Å². The molecule has 0 aliphatic carbocycles. The monoisotopic (exact) mass is 263 g/mol. The number of nitrogens with zero attached hydrogens (tertiary/aromatic N) is 1. The number of carbonyl (C=O) groups is 1. The molecule has 0 saturated carbocycles. The van der Waals surface area contributed by atoms with Crippen LogP contribution in [0.1, 0.15) is 13.3 Å². The summed E-state index contributed by atoms with van der Waals surface area (Å²) in [5.41, 5.74) is -0.431. The summed E-state index contributed by atoms with van der Waals surface area (Å²) < 4.78 is 4.77. The lowest BCUT2D eigenvalue weighted by molar-refractivity contribution is -0.385. The minimum atomic E-state index is -0.712. The molecule has 0 N–H and O–H groups in total. The summed E-state index contributed by atoms with van der Waals surface area (Å²) in [5.74, 6) is -0.879. The van der Waals surface area contributed by atoms with Gasteiger partial charge in [-0.2, -0.15) is 0 Å². The molecule has 0 amide bonds. The fourth-order valence-corrected chi connectivity index (χ4v) is 1.49. The van der Waals surface area contributed by atoms with Crippen molar-refractivity contribution in [1.82, 2.24) is 0 Å². The van der Waals surface area contributed by atoms with E-state index in [-0.39, 0.29) is 22.2 Å². The fourth-order valence-electron chi connectivity index (χ4n) is 0.969. The van der Waals surface area contributed by atoms with Crippen molar-refractivity contribution in [3.8, 4) is 5.75 Å². The second-order valence-corrected chi connectivity index (χ2v) is 3.66. The third-order valence-electron chi connectivity index (χ3n) is 1.69. The second kappa shape index (κ2) is 5.14. The van der Waals surface area contributed by atoms with Crippen molar-refractivity contribution in [2.45, 2.75) is 13.3 Å². The third kappa shape index (κ3) is 2.84. The quantitative estimate of drug-likeness (QED) is 0.363. The standard InChI is InChI=1S/C9H7Cl2NO4/c1-2-8(13)16-9-6(11)3-5(10)4-7(9)12(14)15/h3-4H,2H2,1H3. The molecular weight excluding hydrogens is 257 g/mol. The van der Waals surface area contributed by atoms with Crippen molar-refractivity contribution in [1.29, 1.82) is 0 Å². The van der Waals surface area contributed by atoms with Crippen LogP contribution in [0.5, 0.6) is 5.75 Å². The molecule has 0 fully saturated rings. The van der Waals surface area contributed by atoms with Crippen LogP contribution in [0.3, 0.4) is 0 Å². The minimum Gasteiger partial charge on any atom is -0.418 e. The zero-order valence-electron chi connectivity index (χ0n) is 8.20. The Morgan fingerprint density at radius 2 is 2.12 bits per heavy atom. The van der Waals surface area contributed by atoms with Crippen LogP contribution < -0.4 is 4.74 Å². The first kappa shape index (κ1) is 12.7. The van der Waals surface area contributed by atoms with Gasteiger partial charge in [0.05, 0.1) is 9.95 Å². The molecule has 1 rings (SSSR count). The molecule has 1 aromatic rings. The molecule has 0 unspecified atom stereocenters. The van der Waals surface area contributed by atoms with E-state index in [1.54, 1.807) is 6.92 Å². The van der Waals surface area contributed by atoms with Gasteiger partial charge >= 0.3 is 11.7 Å². The first-order chi connectivity index (χ1) is 7.45. The topological polar surface area (TPSA) is 69.4 Å².